The van der Waals surface area contributed by atoms with Gasteiger partial charge in [-0.15, -0.1) is 0 Å². The van der Waals surface area contributed by atoms with Crippen LogP contribution in [0.2, 0.25) is 0 Å². The van der Waals surface area contributed by atoms with E-state index in [1.54, 1.807) is 0 Å². The number of hydrogen-bond acceptors (Lipinski definition) is 3. The van der Waals surface area contributed by atoms with Crippen molar-refractivity contribution in [1.82, 2.24) is 5.32 Å². The van der Waals surface area contributed by atoms with Crippen LogP contribution in [0.3, 0.4) is 0 Å². The molecular formula is C11H19NO2. The maximum atomic E-state index is 11.2. The molecule has 14 heavy (non-hydrogen) atoms. The summed E-state index contributed by atoms with van der Waals surface area (Å²) in [5.74, 6) is 0.799. The van der Waals surface area contributed by atoms with Gasteiger partial charge in [-0.1, -0.05) is 6.42 Å². The van der Waals surface area contributed by atoms with E-state index < -0.39 is 0 Å². The number of ether oxygens (including phenoxy) is 1. The number of methoxy groups -OCH3 is 1. The van der Waals surface area contributed by atoms with Gasteiger partial charge in [-0.25, -0.2) is 0 Å². The molecule has 0 spiro atoms. The van der Waals surface area contributed by atoms with Crippen molar-refractivity contribution in [1.29, 1.82) is 0 Å². The Morgan fingerprint density at radius 3 is 3.00 bits per heavy atom. The number of nitrogens with one attached hydrogen (secondary N) is 1. The van der Waals surface area contributed by atoms with Crippen LogP contribution in [-0.2, 0) is 9.53 Å². The number of carbonyl (C=O) groups is 1. The fraction of sp³-hybridized carbons (Fsp3) is 0.909. The summed E-state index contributed by atoms with van der Waals surface area (Å²) in [4.78, 5) is 11.2. The van der Waals surface area contributed by atoms with Gasteiger partial charge in [0.05, 0.1) is 13.0 Å². The number of piperidine rings is 1. The monoisotopic (exact) mass is 197 g/mol. The molecule has 0 bridgehead atoms. The Hall–Kier alpha value is -0.570. The van der Waals surface area contributed by atoms with Crippen molar-refractivity contribution in [2.75, 3.05) is 13.7 Å². The van der Waals surface area contributed by atoms with Crippen molar-refractivity contribution in [3.8, 4) is 0 Å². The van der Waals surface area contributed by atoms with Crippen molar-refractivity contribution in [2.45, 2.75) is 38.1 Å². The van der Waals surface area contributed by atoms with E-state index in [1.165, 1.54) is 32.8 Å². The maximum absolute atomic E-state index is 11.2. The van der Waals surface area contributed by atoms with Crippen molar-refractivity contribution in [3.05, 3.63) is 0 Å². The molecule has 1 aliphatic heterocycles. The van der Waals surface area contributed by atoms with Gasteiger partial charge >= 0.3 is 5.97 Å². The number of rotatable bonds is 3. The molecule has 1 unspecified atom stereocenters. The molecule has 0 aromatic carbocycles. The zero-order valence-electron chi connectivity index (χ0n) is 8.79. The molecule has 2 aliphatic rings. The summed E-state index contributed by atoms with van der Waals surface area (Å²) in [5, 5.41) is 3.52. The van der Waals surface area contributed by atoms with Crippen LogP contribution in [-0.4, -0.2) is 25.7 Å². The maximum Gasteiger partial charge on any atom is 0.308 e. The van der Waals surface area contributed by atoms with E-state index in [1.807, 2.05) is 0 Å². The molecule has 3 nitrogen and oxygen atoms in total. The van der Waals surface area contributed by atoms with Crippen LogP contribution in [0.4, 0.5) is 0 Å². The van der Waals surface area contributed by atoms with E-state index >= 15 is 0 Å². The third kappa shape index (κ3) is 2.27. The fourth-order valence-corrected chi connectivity index (χ4v) is 2.44. The highest BCUT2D eigenvalue weighted by molar-refractivity contribution is 5.75. The Balaban J connectivity index is 1.70. The zero-order valence-corrected chi connectivity index (χ0v) is 8.79. The fourth-order valence-electron chi connectivity index (χ4n) is 2.44. The summed E-state index contributed by atoms with van der Waals surface area (Å²) in [5.41, 5.74) is 0. The predicted octanol–water partition coefficient (Wildman–Crippen LogP) is 1.33. The quantitative estimate of drug-likeness (QED) is 0.694. The first-order valence-electron chi connectivity index (χ1n) is 5.62. The minimum atomic E-state index is -0.00851. The molecule has 1 saturated heterocycles. The van der Waals surface area contributed by atoms with Crippen LogP contribution >= 0.6 is 0 Å². The van der Waals surface area contributed by atoms with Gasteiger partial charge in [-0.05, 0) is 38.1 Å². The molecule has 2 fully saturated rings. The smallest absolute Gasteiger partial charge is 0.308 e. The summed E-state index contributed by atoms with van der Waals surface area (Å²) in [6.07, 6.45) is 6.14. The lowest BCUT2D eigenvalue weighted by Crippen LogP contribution is -2.34. The van der Waals surface area contributed by atoms with Crippen LogP contribution in [0.1, 0.15) is 32.1 Å². The third-order valence-electron chi connectivity index (χ3n) is 3.43. The van der Waals surface area contributed by atoms with Crippen LogP contribution in [0.25, 0.3) is 0 Å². The lowest BCUT2D eigenvalue weighted by molar-refractivity contribution is -0.142. The van der Waals surface area contributed by atoms with Crippen LogP contribution in [0.15, 0.2) is 0 Å². The Labute approximate surface area is 85.2 Å². The summed E-state index contributed by atoms with van der Waals surface area (Å²) < 4.78 is 4.73. The van der Waals surface area contributed by atoms with Gasteiger partial charge in [0.15, 0.2) is 0 Å². The standard InChI is InChI=1S/C11H19NO2/c1-14-11(13)10-7-8(10)6-9-4-2-3-5-12-9/h8-10,12H,2-7H2,1H3/t8-,9?,10-/m1/s1. The lowest BCUT2D eigenvalue weighted by Gasteiger charge is -2.23. The predicted molar refractivity (Wildman–Crippen MR) is 53.9 cm³/mol. The summed E-state index contributed by atoms with van der Waals surface area (Å²) in [7, 11) is 1.48. The molecule has 1 saturated carbocycles. The van der Waals surface area contributed by atoms with E-state index in [0.717, 1.165) is 13.0 Å². The molecule has 1 heterocycles. The Morgan fingerprint density at radius 1 is 1.50 bits per heavy atom. The highest BCUT2D eigenvalue weighted by Gasteiger charge is 2.44. The topological polar surface area (TPSA) is 38.3 Å². The molecule has 1 N–H and O–H groups in total. The first kappa shape index (κ1) is 9.97. The average molecular weight is 197 g/mol. The minimum absolute atomic E-state index is 0.00851. The Kier molecular flexibility index (Phi) is 3.06. The van der Waals surface area contributed by atoms with E-state index in [0.29, 0.717) is 12.0 Å². The van der Waals surface area contributed by atoms with Gasteiger partial charge in [-0.3, -0.25) is 4.79 Å². The molecule has 0 radical (unpaired) electrons. The van der Waals surface area contributed by atoms with Gasteiger partial charge in [0, 0.05) is 6.04 Å². The largest absolute Gasteiger partial charge is 0.469 e. The van der Waals surface area contributed by atoms with Crippen LogP contribution < -0.4 is 5.32 Å². The van der Waals surface area contributed by atoms with Crippen molar-refractivity contribution < 1.29 is 9.53 Å². The van der Waals surface area contributed by atoms with Gasteiger partial charge in [0.1, 0.15) is 0 Å². The second-order valence-electron chi connectivity index (χ2n) is 4.51. The molecule has 0 aromatic heterocycles. The molecule has 80 valence electrons. The first-order valence-corrected chi connectivity index (χ1v) is 5.62. The molecule has 3 heteroatoms. The van der Waals surface area contributed by atoms with Crippen molar-refractivity contribution >= 4 is 5.97 Å². The molecule has 1 aliphatic carbocycles. The van der Waals surface area contributed by atoms with Crippen LogP contribution in [0.5, 0.6) is 0 Å². The molecule has 3 atom stereocenters. The minimum Gasteiger partial charge on any atom is -0.469 e. The Bertz CT molecular complexity index is 211. The molecule has 0 aromatic rings. The summed E-state index contributed by atoms with van der Waals surface area (Å²) in [6.45, 7) is 1.15. The first-order chi connectivity index (χ1) is 6.81. The second-order valence-corrected chi connectivity index (χ2v) is 4.51. The van der Waals surface area contributed by atoms with E-state index in [-0.39, 0.29) is 11.9 Å². The SMILES string of the molecule is COC(=O)[C@@H]1C[C@H]1CC1CCCCN1. The lowest BCUT2D eigenvalue weighted by atomic mass is 9.99. The molecule has 0 amide bonds. The van der Waals surface area contributed by atoms with Gasteiger partial charge in [0.25, 0.3) is 0 Å². The van der Waals surface area contributed by atoms with Gasteiger partial charge in [-0.2, -0.15) is 0 Å². The third-order valence-corrected chi connectivity index (χ3v) is 3.43. The van der Waals surface area contributed by atoms with Crippen molar-refractivity contribution in [2.24, 2.45) is 11.8 Å². The highest BCUT2D eigenvalue weighted by Crippen LogP contribution is 2.43. The van der Waals surface area contributed by atoms with Crippen LogP contribution in [0, 0.1) is 11.8 Å². The van der Waals surface area contributed by atoms with E-state index in [4.69, 9.17) is 4.74 Å². The number of carbonyl (C=O) groups excluding carboxylic acids is 1. The van der Waals surface area contributed by atoms with E-state index in [9.17, 15) is 4.79 Å². The van der Waals surface area contributed by atoms with Crippen molar-refractivity contribution in [3.63, 3.8) is 0 Å². The number of hydrogen-bond donors (Lipinski definition) is 1. The molecule has 2 rings (SSSR count). The summed E-state index contributed by atoms with van der Waals surface area (Å²) >= 11 is 0. The number of esters is 1. The average Bonchev–Trinajstić information content (AvgIpc) is 2.98. The van der Waals surface area contributed by atoms with Gasteiger partial charge < -0.3 is 10.1 Å². The second kappa shape index (κ2) is 4.30. The zero-order chi connectivity index (χ0) is 9.97. The van der Waals surface area contributed by atoms with Gasteiger partial charge in [0.2, 0.25) is 0 Å². The van der Waals surface area contributed by atoms with E-state index in [2.05, 4.69) is 5.32 Å². The highest BCUT2D eigenvalue weighted by atomic mass is 16.5. The normalized spacial score (nSPS) is 36.5. The molecular weight excluding hydrogens is 178 g/mol. The summed E-state index contributed by atoms with van der Waals surface area (Å²) in [6, 6.07) is 0.656. The Morgan fingerprint density at radius 2 is 2.36 bits per heavy atom.